The average Bonchev–Trinajstić information content (AvgIpc) is 2.88. The first-order chi connectivity index (χ1) is 9.14. The molecule has 104 valence electrons. The average molecular weight is 279 g/mol. The molecular formula is C13H21N5S. The zero-order valence-electron chi connectivity index (χ0n) is 11.7. The summed E-state index contributed by atoms with van der Waals surface area (Å²) in [5.74, 6) is 1.25. The molecule has 0 saturated heterocycles. The molecular weight excluding hydrogens is 258 g/mol. The van der Waals surface area contributed by atoms with Gasteiger partial charge in [0.15, 0.2) is 11.5 Å². The van der Waals surface area contributed by atoms with Crippen LogP contribution in [0.15, 0.2) is 18.6 Å². The number of rotatable bonds is 6. The standard InChI is InChI=1S/C13H21N5S/c1-4-13(5-2,19-3)9-16-11-12-15-6-7-18(12)8-10(14)17-11/h6-8H,4-5,9,14H2,1-3H3,(H,16,17). The molecule has 0 spiro atoms. The third-order valence-electron chi connectivity index (χ3n) is 3.69. The molecule has 0 atom stereocenters. The molecule has 0 aliphatic carbocycles. The molecule has 2 heterocycles. The van der Waals surface area contributed by atoms with Crippen molar-refractivity contribution in [2.24, 2.45) is 0 Å². The molecule has 0 aromatic carbocycles. The lowest BCUT2D eigenvalue weighted by Crippen LogP contribution is -2.32. The van der Waals surface area contributed by atoms with Crippen LogP contribution in [0.5, 0.6) is 0 Å². The lowest BCUT2D eigenvalue weighted by molar-refractivity contribution is 0.574. The number of hydrogen-bond donors (Lipinski definition) is 2. The molecule has 2 aromatic heterocycles. The van der Waals surface area contributed by atoms with Crippen molar-refractivity contribution in [3.8, 4) is 0 Å². The van der Waals surface area contributed by atoms with Crippen LogP contribution in [0.3, 0.4) is 0 Å². The van der Waals surface area contributed by atoms with Crippen LogP contribution >= 0.6 is 11.8 Å². The Bertz CT molecular complexity index is 539. The molecule has 0 unspecified atom stereocenters. The van der Waals surface area contributed by atoms with E-state index < -0.39 is 0 Å². The number of fused-ring (bicyclic) bond motifs is 1. The van der Waals surface area contributed by atoms with E-state index in [2.05, 4.69) is 35.4 Å². The molecule has 0 fully saturated rings. The lowest BCUT2D eigenvalue weighted by Gasteiger charge is -2.30. The van der Waals surface area contributed by atoms with E-state index >= 15 is 0 Å². The van der Waals surface area contributed by atoms with Crippen LogP contribution in [0.1, 0.15) is 26.7 Å². The molecule has 0 radical (unpaired) electrons. The SMILES string of the molecule is CCC(CC)(CNc1nc(N)cn2ccnc12)SC. The molecule has 5 nitrogen and oxygen atoms in total. The normalized spacial score (nSPS) is 11.9. The van der Waals surface area contributed by atoms with E-state index in [0.29, 0.717) is 5.82 Å². The Hall–Kier alpha value is -1.43. The Kier molecular flexibility index (Phi) is 4.19. The fourth-order valence-electron chi connectivity index (χ4n) is 2.18. The highest BCUT2D eigenvalue weighted by atomic mass is 32.2. The predicted molar refractivity (Wildman–Crippen MR) is 82.7 cm³/mol. The highest BCUT2D eigenvalue weighted by Gasteiger charge is 2.25. The van der Waals surface area contributed by atoms with Crippen LogP contribution in [0.25, 0.3) is 5.65 Å². The lowest BCUT2D eigenvalue weighted by atomic mass is 10.0. The maximum absolute atomic E-state index is 5.82. The minimum Gasteiger partial charge on any atom is -0.382 e. The molecule has 2 aromatic rings. The highest BCUT2D eigenvalue weighted by molar-refractivity contribution is 8.00. The number of nitrogens with one attached hydrogen (secondary N) is 1. The van der Waals surface area contributed by atoms with E-state index in [1.807, 2.05) is 22.4 Å². The van der Waals surface area contributed by atoms with Crippen molar-refractivity contribution in [1.82, 2.24) is 14.4 Å². The topological polar surface area (TPSA) is 68.2 Å². The number of thioether (sulfide) groups is 1. The summed E-state index contributed by atoms with van der Waals surface area (Å²) in [6.45, 7) is 5.30. The first-order valence-corrected chi connectivity index (χ1v) is 7.75. The van der Waals surface area contributed by atoms with Crippen LogP contribution in [-0.4, -0.2) is 31.9 Å². The van der Waals surface area contributed by atoms with Crippen molar-refractivity contribution in [1.29, 1.82) is 0 Å². The van der Waals surface area contributed by atoms with Gasteiger partial charge >= 0.3 is 0 Å². The number of imidazole rings is 1. The minimum absolute atomic E-state index is 0.232. The Morgan fingerprint density at radius 3 is 2.79 bits per heavy atom. The first-order valence-electron chi connectivity index (χ1n) is 6.52. The van der Waals surface area contributed by atoms with E-state index in [1.165, 1.54) is 0 Å². The van der Waals surface area contributed by atoms with Crippen molar-refractivity contribution < 1.29 is 0 Å². The third kappa shape index (κ3) is 2.78. The van der Waals surface area contributed by atoms with E-state index in [-0.39, 0.29) is 4.75 Å². The van der Waals surface area contributed by atoms with Gasteiger partial charge in [-0.15, -0.1) is 0 Å². The number of aromatic nitrogens is 3. The van der Waals surface area contributed by atoms with Crippen LogP contribution in [0, 0.1) is 0 Å². The van der Waals surface area contributed by atoms with Gasteiger partial charge in [-0.2, -0.15) is 11.8 Å². The van der Waals surface area contributed by atoms with Crippen LogP contribution in [0.4, 0.5) is 11.6 Å². The second-order valence-corrected chi connectivity index (χ2v) is 5.89. The van der Waals surface area contributed by atoms with Crippen molar-refractivity contribution in [2.45, 2.75) is 31.4 Å². The van der Waals surface area contributed by atoms with Gasteiger partial charge in [-0.25, -0.2) is 9.97 Å². The molecule has 0 saturated carbocycles. The molecule has 3 N–H and O–H groups in total. The summed E-state index contributed by atoms with van der Waals surface area (Å²) in [5.41, 5.74) is 6.63. The maximum atomic E-state index is 5.82. The maximum Gasteiger partial charge on any atom is 0.180 e. The summed E-state index contributed by atoms with van der Waals surface area (Å²) >= 11 is 1.90. The number of anilines is 2. The largest absolute Gasteiger partial charge is 0.382 e. The molecule has 2 rings (SSSR count). The van der Waals surface area contributed by atoms with Gasteiger partial charge in [-0.3, -0.25) is 0 Å². The summed E-state index contributed by atoms with van der Waals surface area (Å²) in [6, 6.07) is 0. The van der Waals surface area contributed by atoms with Crippen LogP contribution in [-0.2, 0) is 0 Å². The number of nitrogens with zero attached hydrogens (tertiary/aromatic N) is 3. The van der Waals surface area contributed by atoms with Crippen molar-refractivity contribution >= 4 is 29.0 Å². The molecule has 19 heavy (non-hydrogen) atoms. The zero-order chi connectivity index (χ0) is 13.9. The smallest absolute Gasteiger partial charge is 0.180 e. The van der Waals surface area contributed by atoms with Gasteiger partial charge in [0.2, 0.25) is 0 Å². The number of nitrogens with two attached hydrogens (primary N) is 1. The zero-order valence-corrected chi connectivity index (χ0v) is 12.5. The number of nitrogen functional groups attached to an aromatic ring is 1. The molecule has 0 amide bonds. The first kappa shape index (κ1) is 14.0. The Balaban J connectivity index is 2.24. The van der Waals surface area contributed by atoms with Gasteiger partial charge in [0.05, 0.1) is 6.20 Å². The summed E-state index contributed by atoms with van der Waals surface area (Å²) in [7, 11) is 0. The molecule has 6 heteroatoms. The monoisotopic (exact) mass is 279 g/mol. The molecule has 0 aliphatic rings. The molecule has 0 bridgehead atoms. The van der Waals surface area contributed by atoms with Crippen molar-refractivity contribution in [3.63, 3.8) is 0 Å². The summed E-state index contributed by atoms with van der Waals surface area (Å²) in [5, 5.41) is 3.41. The van der Waals surface area contributed by atoms with Crippen LogP contribution in [0.2, 0.25) is 0 Å². The van der Waals surface area contributed by atoms with Gasteiger partial charge in [0.1, 0.15) is 5.82 Å². The fraction of sp³-hybridized carbons (Fsp3) is 0.538. The van der Waals surface area contributed by atoms with E-state index in [1.54, 1.807) is 12.4 Å². The Morgan fingerprint density at radius 1 is 1.42 bits per heavy atom. The van der Waals surface area contributed by atoms with E-state index in [0.717, 1.165) is 30.9 Å². The summed E-state index contributed by atoms with van der Waals surface area (Å²) in [6.07, 6.45) is 9.79. The van der Waals surface area contributed by atoms with Gasteiger partial charge in [0.25, 0.3) is 0 Å². The Labute approximate surface area is 118 Å². The summed E-state index contributed by atoms with van der Waals surface area (Å²) < 4.78 is 2.12. The van der Waals surface area contributed by atoms with Crippen molar-refractivity contribution in [2.75, 3.05) is 23.9 Å². The second-order valence-electron chi connectivity index (χ2n) is 4.62. The number of hydrogen-bond acceptors (Lipinski definition) is 5. The van der Waals surface area contributed by atoms with Gasteiger partial charge in [-0.1, -0.05) is 13.8 Å². The quantitative estimate of drug-likeness (QED) is 0.851. The minimum atomic E-state index is 0.232. The Morgan fingerprint density at radius 2 is 2.16 bits per heavy atom. The fourth-order valence-corrected chi connectivity index (χ4v) is 2.97. The predicted octanol–water partition coefficient (Wildman–Crippen LogP) is 2.65. The van der Waals surface area contributed by atoms with Crippen molar-refractivity contribution in [3.05, 3.63) is 18.6 Å². The van der Waals surface area contributed by atoms with Gasteiger partial charge in [0, 0.05) is 23.7 Å². The van der Waals surface area contributed by atoms with Crippen LogP contribution < -0.4 is 11.1 Å². The van der Waals surface area contributed by atoms with E-state index in [4.69, 9.17) is 5.73 Å². The van der Waals surface area contributed by atoms with E-state index in [9.17, 15) is 0 Å². The molecule has 0 aliphatic heterocycles. The van der Waals surface area contributed by atoms with Gasteiger partial charge in [-0.05, 0) is 19.1 Å². The van der Waals surface area contributed by atoms with Gasteiger partial charge < -0.3 is 15.5 Å². The second kappa shape index (κ2) is 5.69. The summed E-state index contributed by atoms with van der Waals surface area (Å²) in [4.78, 5) is 8.67. The third-order valence-corrected chi connectivity index (χ3v) is 5.28. The highest BCUT2D eigenvalue weighted by Crippen LogP contribution is 2.31.